The summed E-state index contributed by atoms with van der Waals surface area (Å²) in [5, 5.41) is 1.16. The smallest absolute Gasteiger partial charge is 0.133 e. The SMILES string of the molecule is C=CC=CCc1ccc2occc2c1. The minimum Gasteiger partial charge on any atom is -0.464 e. The van der Waals surface area contributed by atoms with Gasteiger partial charge in [0.15, 0.2) is 0 Å². The lowest BCUT2D eigenvalue weighted by molar-refractivity contribution is 0.616. The van der Waals surface area contributed by atoms with Gasteiger partial charge in [-0.25, -0.2) is 0 Å². The van der Waals surface area contributed by atoms with Crippen molar-refractivity contribution in [3.05, 3.63) is 60.9 Å². The fraction of sp³-hybridized carbons (Fsp3) is 0.0769. The van der Waals surface area contributed by atoms with E-state index >= 15 is 0 Å². The van der Waals surface area contributed by atoms with Gasteiger partial charge >= 0.3 is 0 Å². The lowest BCUT2D eigenvalue weighted by Gasteiger charge is -1.95. The number of fused-ring (bicyclic) bond motifs is 1. The third-order valence-corrected chi connectivity index (χ3v) is 2.14. The molecule has 0 spiro atoms. The Bertz CT molecular complexity index is 463. The van der Waals surface area contributed by atoms with Crippen molar-refractivity contribution in [2.45, 2.75) is 6.42 Å². The number of benzene rings is 1. The molecule has 0 aliphatic carbocycles. The van der Waals surface area contributed by atoms with Gasteiger partial charge in [0.05, 0.1) is 6.26 Å². The van der Waals surface area contributed by atoms with Crippen LogP contribution in [-0.2, 0) is 6.42 Å². The second-order valence-corrected chi connectivity index (χ2v) is 3.16. The van der Waals surface area contributed by atoms with Gasteiger partial charge in [-0.05, 0) is 30.2 Å². The first kappa shape index (κ1) is 8.82. The monoisotopic (exact) mass is 184 g/mol. The van der Waals surface area contributed by atoms with E-state index < -0.39 is 0 Å². The normalized spacial score (nSPS) is 11.1. The Hall–Kier alpha value is -1.76. The summed E-state index contributed by atoms with van der Waals surface area (Å²) in [6.07, 6.45) is 8.49. The van der Waals surface area contributed by atoms with Crippen LogP contribution in [0.25, 0.3) is 11.0 Å². The van der Waals surface area contributed by atoms with Gasteiger partial charge in [-0.15, -0.1) is 0 Å². The molecule has 0 amide bonds. The molecule has 1 aromatic heterocycles. The molecule has 1 heterocycles. The van der Waals surface area contributed by atoms with Crippen molar-refractivity contribution in [1.29, 1.82) is 0 Å². The summed E-state index contributed by atoms with van der Waals surface area (Å²) in [5.41, 5.74) is 2.23. The first-order valence-electron chi connectivity index (χ1n) is 4.64. The summed E-state index contributed by atoms with van der Waals surface area (Å²) >= 11 is 0. The zero-order valence-electron chi connectivity index (χ0n) is 7.94. The summed E-state index contributed by atoms with van der Waals surface area (Å²) in [6.45, 7) is 3.63. The van der Waals surface area contributed by atoms with E-state index in [0.29, 0.717) is 0 Å². The summed E-state index contributed by atoms with van der Waals surface area (Å²) in [7, 11) is 0. The van der Waals surface area contributed by atoms with Crippen molar-refractivity contribution in [1.82, 2.24) is 0 Å². The minimum absolute atomic E-state index is 0.938. The zero-order valence-corrected chi connectivity index (χ0v) is 7.94. The standard InChI is InChI=1S/C13H12O/c1-2-3-4-5-11-6-7-13-12(10-11)8-9-14-13/h2-4,6-10H,1,5H2. The van der Waals surface area contributed by atoms with E-state index in [-0.39, 0.29) is 0 Å². The van der Waals surface area contributed by atoms with E-state index in [1.165, 1.54) is 5.56 Å². The van der Waals surface area contributed by atoms with Crippen LogP contribution in [0.5, 0.6) is 0 Å². The van der Waals surface area contributed by atoms with Crippen molar-refractivity contribution < 1.29 is 4.42 Å². The Morgan fingerprint density at radius 1 is 1.29 bits per heavy atom. The van der Waals surface area contributed by atoms with Crippen molar-refractivity contribution in [2.24, 2.45) is 0 Å². The van der Waals surface area contributed by atoms with Gasteiger partial charge in [0.1, 0.15) is 5.58 Å². The van der Waals surface area contributed by atoms with Crippen LogP contribution in [0, 0.1) is 0 Å². The number of rotatable bonds is 3. The predicted molar refractivity (Wildman–Crippen MR) is 59.3 cm³/mol. The summed E-state index contributed by atoms with van der Waals surface area (Å²) in [5.74, 6) is 0. The summed E-state index contributed by atoms with van der Waals surface area (Å²) in [4.78, 5) is 0. The van der Waals surface area contributed by atoms with Crippen LogP contribution >= 0.6 is 0 Å². The van der Waals surface area contributed by atoms with E-state index in [4.69, 9.17) is 4.42 Å². The topological polar surface area (TPSA) is 13.1 Å². The highest BCUT2D eigenvalue weighted by Crippen LogP contribution is 2.17. The molecule has 0 aliphatic rings. The third-order valence-electron chi connectivity index (χ3n) is 2.14. The second kappa shape index (κ2) is 3.97. The second-order valence-electron chi connectivity index (χ2n) is 3.16. The van der Waals surface area contributed by atoms with Crippen molar-refractivity contribution >= 4 is 11.0 Å². The Morgan fingerprint density at radius 3 is 3.07 bits per heavy atom. The first-order chi connectivity index (χ1) is 6.90. The lowest BCUT2D eigenvalue weighted by atomic mass is 10.1. The predicted octanol–water partition coefficient (Wildman–Crippen LogP) is 3.72. The molecule has 0 saturated heterocycles. The number of allylic oxidation sites excluding steroid dienone is 3. The lowest BCUT2D eigenvalue weighted by Crippen LogP contribution is -1.78. The molecule has 0 fully saturated rings. The highest BCUT2D eigenvalue weighted by Gasteiger charge is 1.96. The fourth-order valence-electron chi connectivity index (χ4n) is 1.44. The maximum atomic E-state index is 5.26. The minimum atomic E-state index is 0.938. The Labute approximate surface area is 83.4 Å². The zero-order chi connectivity index (χ0) is 9.80. The van der Waals surface area contributed by atoms with Crippen LogP contribution in [0.4, 0.5) is 0 Å². The van der Waals surface area contributed by atoms with Crippen LogP contribution in [0.15, 0.2) is 59.8 Å². The van der Waals surface area contributed by atoms with Gasteiger partial charge in [-0.3, -0.25) is 0 Å². The number of furan rings is 1. The Balaban J connectivity index is 2.25. The summed E-state index contributed by atoms with van der Waals surface area (Å²) in [6, 6.07) is 8.22. The molecule has 14 heavy (non-hydrogen) atoms. The molecule has 0 bridgehead atoms. The highest BCUT2D eigenvalue weighted by molar-refractivity contribution is 5.77. The quantitative estimate of drug-likeness (QED) is 0.662. The molecular weight excluding hydrogens is 172 g/mol. The molecular formula is C13H12O. The summed E-state index contributed by atoms with van der Waals surface area (Å²) < 4.78 is 5.26. The maximum absolute atomic E-state index is 5.26. The molecule has 0 radical (unpaired) electrons. The van der Waals surface area contributed by atoms with E-state index in [1.807, 2.05) is 18.2 Å². The molecule has 0 unspecified atom stereocenters. The first-order valence-corrected chi connectivity index (χ1v) is 4.64. The van der Waals surface area contributed by atoms with E-state index in [0.717, 1.165) is 17.4 Å². The molecule has 0 N–H and O–H groups in total. The largest absolute Gasteiger partial charge is 0.464 e. The number of hydrogen-bond donors (Lipinski definition) is 0. The molecule has 0 saturated carbocycles. The van der Waals surface area contributed by atoms with Crippen LogP contribution in [-0.4, -0.2) is 0 Å². The van der Waals surface area contributed by atoms with E-state index in [2.05, 4.69) is 24.8 Å². The molecule has 2 aromatic rings. The Kier molecular flexibility index (Phi) is 2.50. The maximum Gasteiger partial charge on any atom is 0.133 e. The van der Waals surface area contributed by atoms with Crippen molar-refractivity contribution in [3.63, 3.8) is 0 Å². The van der Waals surface area contributed by atoms with Crippen LogP contribution < -0.4 is 0 Å². The average molecular weight is 184 g/mol. The van der Waals surface area contributed by atoms with Crippen molar-refractivity contribution in [2.75, 3.05) is 0 Å². The molecule has 0 atom stereocenters. The molecule has 2 rings (SSSR count). The van der Waals surface area contributed by atoms with Gasteiger partial charge < -0.3 is 4.42 Å². The fourth-order valence-corrected chi connectivity index (χ4v) is 1.44. The van der Waals surface area contributed by atoms with Gasteiger partial charge in [0.2, 0.25) is 0 Å². The van der Waals surface area contributed by atoms with E-state index in [9.17, 15) is 0 Å². The molecule has 1 heteroatoms. The van der Waals surface area contributed by atoms with Crippen LogP contribution in [0.1, 0.15) is 5.56 Å². The van der Waals surface area contributed by atoms with Crippen LogP contribution in [0.3, 0.4) is 0 Å². The molecule has 1 nitrogen and oxygen atoms in total. The molecule has 0 aliphatic heterocycles. The van der Waals surface area contributed by atoms with Gasteiger partial charge in [0.25, 0.3) is 0 Å². The Morgan fingerprint density at radius 2 is 2.21 bits per heavy atom. The molecule has 70 valence electrons. The van der Waals surface area contributed by atoms with Crippen LogP contribution in [0.2, 0.25) is 0 Å². The van der Waals surface area contributed by atoms with Gasteiger partial charge in [-0.2, -0.15) is 0 Å². The molecule has 1 aromatic carbocycles. The highest BCUT2D eigenvalue weighted by atomic mass is 16.3. The average Bonchev–Trinajstić information content (AvgIpc) is 2.65. The van der Waals surface area contributed by atoms with Gasteiger partial charge in [-0.1, -0.05) is 30.9 Å². The van der Waals surface area contributed by atoms with E-state index in [1.54, 1.807) is 12.3 Å². The third kappa shape index (κ3) is 1.77. The van der Waals surface area contributed by atoms with Gasteiger partial charge in [0, 0.05) is 5.39 Å². The number of hydrogen-bond acceptors (Lipinski definition) is 1. The van der Waals surface area contributed by atoms with Crippen molar-refractivity contribution in [3.8, 4) is 0 Å².